The second-order valence-electron chi connectivity index (χ2n) is 8.53. The van der Waals surface area contributed by atoms with Gasteiger partial charge in [-0.1, -0.05) is 50.6 Å². The monoisotopic (exact) mass is 503 g/mol. The fourth-order valence-electron chi connectivity index (χ4n) is 3.56. The number of benzene rings is 1. The number of nitrogens with one attached hydrogen (secondary N) is 2. The number of guanidine groups is 1. The molecule has 0 saturated carbocycles. The lowest BCUT2D eigenvalue weighted by atomic mass is 9.89. The van der Waals surface area contributed by atoms with E-state index in [-0.39, 0.29) is 41.6 Å². The highest BCUT2D eigenvalue weighted by Gasteiger charge is 2.28. The third-order valence-corrected chi connectivity index (χ3v) is 5.31. The first kappa shape index (κ1) is 25.2. The Morgan fingerprint density at radius 2 is 1.93 bits per heavy atom. The molecule has 1 aromatic carbocycles. The molecular formula is C22H38IN3O2. The van der Waals surface area contributed by atoms with Crippen molar-refractivity contribution >= 4 is 29.9 Å². The Kier molecular flexibility index (Phi) is 10.8. The average molecular weight is 503 g/mol. The molecule has 0 amide bonds. The van der Waals surface area contributed by atoms with Crippen LogP contribution in [0.2, 0.25) is 0 Å². The fourth-order valence-corrected chi connectivity index (χ4v) is 3.56. The summed E-state index contributed by atoms with van der Waals surface area (Å²) >= 11 is 0. The minimum atomic E-state index is 0. The Morgan fingerprint density at radius 3 is 2.50 bits per heavy atom. The molecule has 1 aromatic rings. The minimum Gasteiger partial charge on any atom is -0.379 e. The van der Waals surface area contributed by atoms with E-state index in [9.17, 15) is 0 Å². The molecule has 1 aliphatic rings. The Balaban J connectivity index is 0.00000392. The largest absolute Gasteiger partial charge is 0.379 e. The Hall–Kier alpha value is -0.860. The number of halogens is 1. The second-order valence-corrected chi connectivity index (χ2v) is 8.53. The van der Waals surface area contributed by atoms with Crippen LogP contribution < -0.4 is 10.6 Å². The van der Waals surface area contributed by atoms with Crippen molar-refractivity contribution in [1.82, 2.24) is 10.6 Å². The van der Waals surface area contributed by atoms with Crippen LogP contribution in [0.3, 0.4) is 0 Å². The average Bonchev–Trinajstić information content (AvgIpc) is 2.64. The zero-order chi connectivity index (χ0) is 19.9. The SMILES string of the molecule is CN=C(NCC1CCCOC1c1ccc(C)cc1)NCC(OC)C(C)(C)C.I. The zero-order valence-electron chi connectivity index (χ0n) is 18.2. The molecule has 0 spiro atoms. The van der Waals surface area contributed by atoms with Crippen molar-refractivity contribution in [3.63, 3.8) is 0 Å². The molecule has 1 heterocycles. The molecule has 0 radical (unpaired) electrons. The van der Waals surface area contributed by atoms with Crippen LogP contribution in [-0.4, -0.2) is 45.9 Å². The van der Waals surface area contributed by atoms with Gasteiger partial charge < -0.3 is 20.1 Å². The molecule has 3 unspecified atom stereocenters. The summed E-state index contributed by atoms with van der Waals surface area (Å²) in [6.45, 7) is 11.1. The number of ether oxygens (including phenoxy) is 2. The quantitative estimate of drug-likeness (QED) is 0.345. The van der Waals surface area contributed by atoms with E-state index in [2.05, 4.69) is 67.6 Å². The summed E-state index contributed by atoms with van der Waals surface area (Å²) in [5.74, 6) is 1.25. The summed E-state index contributed by atoms with van der Waals surface area (Å²) in [6, 6.07) is 8.71. The molecule has 2 N–H and O–H groups in total. The maximum absolute atomic E-state index is 6.12. The van der Waals surface area contributed by atoms with Gasteiger partial charge in [0.05, 0.1) is 12.2 Å². The Bertz CT molecular complexity index is 599. The van der Waals surface area contributed by atoms with Gasteiger partial charge in [-0.15, -0.1) is 24.0 Å². The van der Waals surface area contributed by atoms with Gasteiger partial charge in [-0.05, 0) is 30.7 Å². The van der Waals surface area contributed by atoms with Crippen LogP contribution in [0.1, 0.15) is 50.8 Å². The van der Waals surface area contributed by atoms with Gasteiger partial charge in [0.2, 0.25) is 0 Å². The number of methoxy groups -OCH3 is 1. The lowest BCUT2D eigenvalue weighted by Gasteiger charge is -2.33. The number of rotatable bonds is 6. The first-order valence-electron chi connectivity index (χ1n) is 10.0. The highest BCUT2D eigenvalue weighted by atomic mass is 127. The summed E-state index contributed by atoms with van der Waals surface area (Å²) < 4.78 is 11.7. The number of aliphatic imine (C=N–C) groups is 1. The summed E-state index contributed by atoms with van der Waals surface area (Å²) in [5.41, 5.74) is 2.62. The van der Waals surface area contributed by atoms with Crippen molar-refractivity contribution in [2.24, 2.45) is 16.3 Å². The van der Waals surface area contributed by atoms with Crippen LogP contribution in [0.5, 0.6) is 0 Å². The standard InChI is InChI=1S/C22H37N3O2.HI/c1-16-9-11-17(12-10-16)20-18(8-7-13-27-20)14-24-21(23-5)25-15-19(26-6)22(2,3)4;/h9-12,18-20H,7-8,13-15H2,1-6H3,(H2,23,24,25);1H. The van der Waals surface area contributed by atoms with Crippen molar-refractivity contribution in [2.75, 3.05) is 33.9 Å². The van der Waals surface area contributed by atoms with Gasteiger partial charge in [-0.25, -0.2) is 0 Å². The van der Waals surface area contributed by atoms with Crippen LogP contribution in [0.25, 0.3) is 0 Å². The fraction of sp³-hybridized carbons (Fsp3) is 0.682. The van der Waals surface area contributed by atoms with Crippen LogP contribution >= 0.6 is 24.0 Å². The summed E-state index contributed by atoms with van der Waals surface area (Å²) in [5, 5.41) is 6.89. The highest BCUT2D eigenvalue weighted by molar-refractivity contribution is 14.0. The van der Waals surface area contributed by atoms with Crippen molar-refractivity contribution in [3.05, 3.63) is 35.4 Å². The molecule has 2 rings (SSSR count). The third-order valence-electron chi connectivity index (χ3n) is 5.31. The van der Waals surface area contributed by atoms with Crippen LogP contribution in [0.15, 0.2) is 29.3 Å². The number of aryl methyl sites for hydroxylation is 1. The lowest BCUT2D eigenvalue weighted by Crippen LogP contribution is -2.47. The molecule has 0 bridgehead atoms. The smallest absolute Gasteiger partial charge is 0.191 e. The Morgan fingerprint density at radius 1 is 1.25 bits per heavy atom. The Labute approximate surface area is 188 Å². The molecular weight excluding hydrogens is 465 g/mol. The molecule has 1 fully saturated rings. The van der Waals surface area contributed by atoms with E-state index in [0.29, 0.717) is 5.92 Å². The first-order valence-corrected chi connectivity index (χ1v) is 10.0. The minimum absolute atomic E-state index is 0. The zero-order valence-corrected chi connectivity index (χ0v) is 20.6. The van der Waals surface area contributed by atoms with E-state index in [1.165, 1.54) is 11.1 Å². The van der Waals surface area contributed by atoms with Gasteiger partial charge in [0.25, 0.3) is 0 Å². The molecule has 1 aliphatic heterocycles. The van der Waals surface area contributed by atoms with E-state index in [1.54, 1.807) is 7.11 Å². The van der Waals surface area contributed by atoms with Gasteiger partial charge in [0.1, 0.15) is 0 Å². The van der Waals surface area contributed by atoms with E-state index in [1.807, 2.05) is 7.05 Å². The van der Waals surface area contributed by atoms with Gasteiger partial charge in [-0.2, -0.15) is 0 Å². The van der Waals surface area contributed by atoms with E-state index < -0.39 is 0 Å². The second kappa shape index (κ2) is 12.0. The molecule has 3 atom stereocenters. The van der Waals surface area contributed by atoms with Crippen LogP contribution in [0, 0.1) is 18.3 Å². The van der Waals surface area contributed by atoms with Crippen molar-refractivity contribution in [1.29, 1.82) is 0 Å². The summed E-state index contributed by atoms with van der Waals surface area (Å²) in [6.07, 6.45) is 2.53. The predicted molar refractivity (Wildman–Crippen MR) is 128 cm³/mol. The van der Waals surface area contributed by atoms with Crippen molar-refractivity contribution in [3.8, 4) is 0 Å². The van der Waals surface area contributed by atoms with Crippen molar-refractivity contribution < 1.29 is 9.47 Å². The molecule has 5 nitrogen and oxygen atoms in total. The molecule has 6 heteroatoms. The summed E-state index contributed by atoms with van der Waals surface area (Å²) in [4.78, 5) is 4.37. The van der Waals surface area contributed by atoms with E-state index in [0.717, 1.165) is 38.5 Å². The molecule has 1 saturated heterocycles. The number of hydrogen-bond donors (Lipinski definition) is 2. The lowest BCUT2D eigenvalue weighted by molar-refractivity contribution is -0.0265. The molecule has 160 valence electrons. The van der Waals surface area contributed by atoms with E-state index in [4.69, 9.17) is 9.47 Å². The molecule has 0 aliphatic carbocycles. The van der Waals surface area contributed by atoms with Gasteiger partial charge in [-0.3, -0.25) is 4.99 Å². The molecule has 28 heavy (non-hydrogen) atoms. The third kappa shape index (κ3) is 7.52. The maximum atomic E-state index is 6.12. The van der Waals surface area contributed by atoms with Crippen LogP contribution in [0.4, 0.5) is 0 Å². The molecule has 0 aromatic heterocycles. The maximum Gasteiger partial charge on any atom is 0.191 e. The topological polar surface area (TPSA) is 54.9 Å². The normalized spacial score (nSPS) is 21.6. The van der Waals surface area contributed by atoms with Gasteiger partial charge >= 0.3 is 0 Å². The number of hydrogen-bond acceptors (Lipinski definition) is 3. The predicted octanol–water partition coefficient (Wildman–Crippen LogP) is 4.31. The van der Waals surface area contributed by atoms with Crippen molar-refractivity contribution in [2.45, 2.75) is 52.7 Å². The first-order chi connectivity index (χ1) is 12.8. The van der Waals surface area contributed by atoms with E-state index >= 15 is 0 Å². The number of nitrogens with zero attached hydrogens (tertiary/aromatic N) is 1. The van der Waals surface area contributed by atoms with Crippen LogP contribution in [-0.2, 0) is 9.47 Å². The highest BCUT2D eigenvalue weighted by Crippen LogP contribution is 2.33. The summed E-state index contributed by atoms with van der Waals surface area (Å²) in [7, 11) is 3.57. The van der Waals surface area contributed by atoms with Gasteiger partial charge in [0, 0.05) is 39.8 Å². The van der Waals surface area contributed by atoms with Gasteiger partial charge in [0.15, 0.2) is 5.96 Å².